The zero-order valence-corrected chi connectivity index (χ0v) is 15.9. The molecule has 0 saturated carbocycles. The Bertz CT molecular complexity index is 853. The monoisotopic (exact) mass is 372 g/mol. The van der Waals surface area contributed by atoms with Gasteiger partial charge in [0.2, 0.25) is 0 Å². The Morgan fingerprint density at radius 1 is 1.30 bits per heavy atom. The molecular formula is C21H25FN2O3. The van der Waals surface area contributed by atoms with Gasteiger partial charge < -0.3 is 15.2 Å². The number of benzene rings is 2. The second-order valence-electron chi connectivity index (χ2n) is 7.80. The van der Waals surface area contributed by atoms with Crippen molar-refractivity contribution < 1.29 is 20.5 Å². The highest BCUT2D eigenvalue weighted by Crippen LogP contribution is 2.42. The molecule has 0 spiro atoms. The average Bonchev–Trinajstić information content (AvgIpc) is 2.60. The van der Waals surface area contributed by atoms with Crippen molar-refractivity contribution in [1.82, 2.24) is 5.32 Å². The fourth-order valence-electron chi connectivity index (χ4n) is 3.02. The maximum atomic E-state index is 13.1. The lowest BCUT2D eigenvalue weighted by atomic mass is 9.96. The summed E-state index contributed by atoms with van der Waals surface area (Å²) < 4.78 is 19.1. The maximum absolute atomic E-state index is 13.1. The van der Waals surface area contributed by atoms with Crippen LogP contribution >= 0.6 is 0 Å². The van der Waals surface area contributed by atoms with E-state index in [1.165, 1.54) is 30.3 Å². The summed E-state index contributed by atoms with van der Waals surface area (Å²) >= 11 is 0. The molecule has 0 saturated heterocycles. The van der Waals surface area contributed by atoms with Gasteiger partial charge in [-0.15, -0.1) is 0 Å². The molecule has 3 rings (SSSR count). The number of hydrogen-bond donors (Lipinski definition) is 2. The van der Waals surface area contributed by atoms with Gasteiger partial charge in [0, 0.05) is 17.7 Å². The van der Waals surface area contributed by atoms with Gasteiger partial charge in [-0.05, 0) is 56.2 Å². The zero-order valence-electron chi connectivity index (χ0n) is 16.9. The number of fused-ring (bicyclic) bond motifs is 1. The summed E-state index contributed by atoms with van der Waals surface area (Å²) in [5.74, 6) is -0.427. The van der Waals surface area contributed by atoms with E-state index in [-0.39, 0.29) is 24.5 Å². The molecule has 144 valence electrons. The summed E-state index contributed by atoms with van der Waals surface area (Å²) in [6.07, 6.45) is -0.314. The van der Waals surface area contributed by atoms with Gasteiger partial charge in [-0.25, -0.2) is 4.39 Å². The molecule has 1 aliphatic heterocycles. The minimum Gasteiger partial charge on any atom is -0.870 e. The first-order chi connectivity index (χ1) is 12.7. The van der Waals surface area contributed by atoms with E-state index in [1.54, 1.807) is 6.07 Å². The molecule has 1 heterocycles. The van der Waals surface area contributed by atoms with Crippen LogP contribution in [0.15, 0.2) is 36.4 Å². The fraction of sp³-hybridized carbons (Fsp3) is 0.381. The van der Waals surface area contributed by atoms with Crippen LogP contribution in [0.4, 0.5) is 10.1 Å². The van der Waals surface area contributed by atoms with Crippen molar-refractivity contribution >= 4 is 11.5 Å². The molecule has 0 radical (unpaired) electrons. The lowest BCUT2D eigenvalue weighted by molar-refractivity contribution is -0.267. The highest BCUT2D eigenvalue weighted by molar-refractivity contribution is 6.11. The van der Waals surface area contributed by atoms with Gasteiger partial charge in [-0.2, -0.15) is 0 Å². The largest absolute Gasteiger partial charge is 1.00 e. The molecule has 6 heteroatoms. The minimum absolute atomic E-state index is 0. The van der Waals surface area contributed by atoms with E-state index in [1.807, 2.05) is 13.8 Å². The minimum atomic E-state index is -0.543. The number of rotatable bonds is 5. The smallest absolute Gasteiger partial charge is 0.870 e. The molecule has 5 nitrogen and oxygen atoms in total. The first kappa shape index (κ1) is 19.2. The van der Waals surface area contributed by atoms with E-state index < -0.39 is 22.9 Å². The molecule has 0 aliphatic carbocycles. The van der Waals surface area contributed by atoms with Crippen LogP contribution in [-0.4, -0.2) is 24.1 Å². The van der Waals surface area contributed by atoms with E-state index >= 15 is 0 Å². The first-order valence-corrected chi connectivity index (χ1v) is 9.01. The topological polar surface area (TPSA) is 73.4 Å². The van der Waals surface area contributed by atoms with Crippen molar-refractivity contribution in [3.8, 4) is 11.5 Å². The summed E-state index contributed by atoms with van der Waals surface area (Å²) in [5.41, 5.74) is 0.0239. The van der Waals surface area contributed by atoms with Gasteiger partial charge >= 0.3 is 1.43 Å². The SMILES string of the molecule is CC(C)CN[C@H]1Oc2ccc(C(=O)c3ccc(F)cc3)c([O-])c2NC1(C)C.[H+]. The van der Waals surface area contributed by atoms with E-state index in [0.717, 1.165) is 6.54 Å². The second kappa shape index (κ2) is 7.19. The Morgan fingerprint density at radius 3 is 2.59 bits per heavy atom. The van der Waals surface area contributed by atoms with Crippen molar-refractivity contribution in [2.24, 2.45) is 5.92 Å². The molecule has 1 aliphatic rings. The van der Waals surface area contributed by atoms with Gasteiger partial charge in [0.15, 0.2) is 12.0 Å². The van der Waals surface area contributed by atoms with Crippen LogP contribution in [0.3, 0.4) is 0 Å². The molecule has 1 atom stereocenters. The third kappa shape index (κ3) is 3.90. The molecule has 2 N–H and O–H groups in total. The molecule has 2 aromatic carbocycles. The predicted octanol–water partition coefficient (Wildman–Crippen LogP) is 3.40. The number of nitrogens with one attached hydrogen (secondary N) is 2. The van der Waals surface area contributed by atoms with E-state index in [2.05, 4.69) is 24.5 Å². The number of anilines is 1. The average molecular weight is 372 g/mol. The van der Waals surface area contributed by atoms with E-state index in [4.69, 9.17) is 4.74 Å². The second-order valence-corrected chi connectivity index (χ2v) is 7.80. The van der Waals surface area contributed by atoms with E-state index in [9.17, 15) is 14.3 Å². The van der Waals surface area contributed by atoms with Crippen LogP contribution in [-0.2, 0) is 0 Å². The van der Waals surface area contributed by atoms with Gasteiger partial charge in [-0.3, -0.25) is 10.1 Å². The predicted molar refractivity (Wildman–Crippen MR) is 102 cm³/mol. The molecule has 0 bridgehead atoms. The van der Waals surface area contributed by atoms with Crippen LogP contribution in [0.1, 0.15) is 45.0 Å². The summed E-state index contributed by atoms with van der Waals surface area (Å²) in [5, 5.41) is 19.5. The standard InChI is InChI=1S/C21H25FN2O3/c1-12(2)11-23-20-21(3,4)24-17-16(27-20)10-9-15(19(17)26)18(25)13-5-7-14(22)8-6-13/h5-10,12,20,23-24,26H,11H2,1-4H3/t20-/m0/s1. The Hall–Kier alpha value is -2.60. The number of ketones is 1. The van der Waals surface area contributed by atoms with Gasteiger partial charge in [0.05, 0.1) is 11.2 Å². The molecule has 0 aromatic heterocycles. The summed E-state index contributed by atoms with van der Waals surface area (Å²) in [6, 6.07) is 8.23. The van der Waals surface area contributed by atoms with Crippen molar-refractivity contribution in [2.45, 2.75) is 39.5 Å². The zero-order chi connectivity index (χ0) is 19.8. The summed E-state index contributed by atoms with van der Waals surface area (Å²) in [4.78, 5) is 12.7. The van der Waals surface area contributed by atoms with Gasteiger partial charge in [0.25, 0.3) is 0 Å². The molecule has 0 fully saturated rings. The van der Waals surface area contributed by atoms with Crippen LogP contribution in [0.5, 0.6) is 11.5 Å². The number of carbonyl (C=O) groups excluding carboxylic acids is 1. The Morgan fingerprint density at radius 2 is 1.96 bits per heavy atom. The van der Waals surface area contributed by atoms with Crippen LogP contribution in [0.25, 0.3) is 0 Å². The number of carbonyl (C=O) groups is 1. The quantitative estimate of drug-likeness (QED) is 0.787. The van der Waals surface area contributed by atoms with Gasteiger partial charge in [0.1, 0.15) is 11.6 Å². The number of ether oxygens (including phenoxy) is 1. The first-order valence-electron chi connectivity index (χ1n) is 9.01. The van der Waals surface area contributed by atoms with Crippen molar-refractivity contribution in [2.75, 3.05) is 11.9 Å². The number of hydrogen-bond acceptors (Lipinski definition) is 5. The highest BCUT2D eigenvalue weighted by Gasteiger charge is 2.37. The maximum Gasteiger partial charge on any atom is 1.00 e. The van der Waals surface area contributed by atoms with Crippen molar-refractivity contribution in [3.63, 3.8) is 0 Å². The number of halogens is 1. The Labute approximate surface area is 160 Å². The van der Waals surface area contributed by atoms with Crippen LogP contribution in [0, 0.1) is 11.7 Å². The molecule has 2 aromatic rings. The molecular weight excluding hydrogens is 347 g/mol. The Kier molecular flexibility index (Phi) is 5.11. The van der Waals surface area contributed by atoms with Crippen molar-refractivity contribution in [3.05, 3.63) is 53.3 Å². The van der Waals surface area contributed by atoms with Gasteiger partial charge in [-0.1, -0.05) is 19.6 Å². The van der Waals surface area contributed by atoms with Crippen molar-refractivity contribution in [1.29, 1.82) is 0 Å². The Balaban J connectivity index is 0.00000280. The third-order valence-electron chi connectivity index (χ3n) is 4.53. The lowest BCUT2D eigenvalue weighted by Crippen LogP contribution is -2.58. The molecule has 0 unspecified atom stereocenters. The summed E-state index contributed by atoms with van der Waals surface area (Å²) in [7, 11) is 0. The molecule has 0 amide bonds. The van der Waals surface area contributed by atoms with Crippen LogP contribution in [0.2, 0.25) is 0 Å². The summed E-state index contributed by atoms with van der Waals surface area (Å²) in [6.45, 7) is 8.85. The molecule has 27 heavy (non-hydrogen) atoms. The normalized spacial score (nSPS) is 17.8. The van der Waals surface area contributed by atoms with Crippen LogP contribution < -0.4 is 20.5 Å². The fourth-order valence-corrected chi connectivity index (χ4v) is 3.02. The van der Waals surface area contributed by atoms with E-state index in [0.29, 0.717) is 11.7 Å². The third-order valence-corrected chi connectivity index (χ3v) is 4.53. The highest BCUT2D eigenvalue weighted by atomic mass is 19.1. The lowest BCUT2D eigenvalue weighted by Gasteiger charge is -2.43.